The summed E-state index contributed by atoms with van der Waals surface area (Å²) < 4.78 is 5.95. The Morgan fingerprint density at radius 2 is 2.26 bits per heavy atom. The third kappa shape index (κ3) is 7.24. The Bertz CT molecular complexity index is 922. The first-order valence-electron chi connectivity index (χ1n) is 11.4. The number of nitrogens with one attached hydrogen (secondary N) is 2. The molecule has 1 atom stereocenters. The number of hydrogen-bond donors (Lipinski definition) is 2. The molecule has 31 heavy (non-hydrogen) atoms. The molecule has 0 radical (unpaired) electrons. The highest BCUT2D eigenvalue weighted by Gasteiger charge is 2.16. The van der Waals surface area contributed by atoms with Gasteiger partial charge in [-0.1, -0.05) is 31.2 Å². The fourth-order valence-corrected chi connectivity index (χ4v) is 4.06. The van der Waals surface area contributed by atoms with Crippen LogP contribution in [0.3, 0.4) is 0 Å². The van der Waals surface area contributed by atoms with E-state index in [2.05, 4.69) is 45.3 Å². The van der Waals surface area contributed by atoms with Crippen LogP contribution in [0.4, 0.5) is 5.95 Å². The van der Waals surface area contributed by atoms with E-state index in [0.717, 1.165) is 30.3 Å². The fourth-order valence-electron chi connectivity index (χ4n) is 4.06. The van der Waals surface area contributed by atoms with Crippen LogP contribution in [0.15, 0.2) is 41.2 Å². The van der Waals surface area contributed by atoms with E-state index in [-0.39, 0.29) is 5.56 Å². The summed E-state index contributed by atoms with van der Waals surface area (Å²) in [5.41, 5.74) is 2.70. The second kappa shape index (κ2) is 11.7. The predicted octanol–water partition coefficient (Wildman–Crippen LogP) is 4.31. The van der Waals surface area contributed by atoms with E-state index in [1.54, 1.807) is 0 Å². The van der Waals surface area contributed by atoms with Crippen molar-refractivity contribution in [1.82, 2.24) is 14.9 Å². The van der Waals surface area contributed by atoms with Gasteiger partial charge in [-0.2, -0.15) is 4.98 Å². The summed E-state index contributed by atoms with van der Waals surface area (Å²) in [7, 11) is 0. The number of aromatic amines is 1. The van der Waals surface area contributed by atoms with Crippen LogP contribution in [0.5, 0.6) is 5.75 Å². The Kier molecular flexibility index (Phi) is 8.71. The molecule has 1 aromatic carbocycles. The first kappa shape index (κ1) is 23.1. The maximum absolute atomic E-state index is 12.2. The van der Waals surface area contributed by atoms with Gasteiger partial charge in [-0.05, 0) is 69.7 Å². The van der Waals surface area contributed by atoms with Crippen LogP contribution in [0.25, 0.3) is 0 Å². The highest BCUT2D eigenvalue weighted by atomic mass is 16.5. The van der Waals surface area contributed by atoms with E-state index >= 15 is 0 Å². The molecule has 1 aromatic heterocycles. The Morgan fingerprint density at radius 3 is 3.03 bits per heavy atom. The van der Waals surface area contributed by atoms with Crippen molar-refractivity contribution < 1.29 is 4.74 Å². The van der Waals surface area contributed by atoms with Crippen LogP contribution >= 0.6 is 0 Å². The van der Waals surface area contributed by atoms with Crippen molar-refractivity contribution in [2.24, 2.45) is 5.92 Å². The zero-order valence-electron chi connectivity index (χ0n) is 19.1. The number of H-pyrrole nitrogens is 1. The molecule has 6 nitrogen and oxygen atoms in total. The zero-order valence-corrected chi connectivity index (χ0v) is 19.1. The maximum atomic E-state index is 12.2. The third-order valence-corrected chi connectivity index (χ3v) is 5.72. The molecule has 1 aliphatic heterocycles. The van der Waals surface area contributed by atoms with Gasteiger partial charge in [0.2, 0.25) is 5.95 Å². The molecule has 1 saturated heterocycles. The molecule has 0 bridgehead atoms. The molecule has 2 N–H and O–H groups in total. The molecule has 1 aliphatic rings. The number of piperidine rings is 1. The quantitative estimate of drug-likeness (QED) is 0.439. The van der Waals surface area contributed by atoms with Crippen molar-refractivity contribution in [2.45, 2.75) is 53.0 Å². The number of hydrogen-bond acceptors (Lipinski definition) is 5. The molecule has 168 valence electrons. The number of nitrogens with zero attached hydrogens (tertiary/aromatic N) is 2. The molecule has 2 heterocycles. The summed E-state index contributed by atoms with van der Waals surface area (Å²) in [5.74, 6) is 2.22. The normalized spacial score (nSPS) is 17.2. The van der Waals surface area contributed by atoms with Crippen molar-refractivity contribution in [3.63, 3.8) is 0 Å². The summed E-state index contributed by atoms with van der Waals surface area (Å²) in [6.07, 6.45) is 7.96. The molecule has 0 spiro atoms. The Hall–Kier alpha value is -2.60. The second-order valence-electron chi connectivity index (χ2n) is 8.53. The summed E-state index contributed by atoms with van der Waals surface area (Å²) >= 11 is 0. The number of ether oxygens (including phenoxy) is 1. The molecular formula is C25H36N4O2. The van der Waals surface area contributed by atoms with Crippen LogP contribution in [0, 0.1) is 12.8 Å². The lowest BCUT2D eigenvalue weighted by molar-refractivity contribution is 0.176. The van der Waals surface area contributed by atoms with E-state index in [1.165, 1.54) is 31.5 Å². The third-order valence-electron chi connectivity index (χ3n) is 5.72. The van der Waals surface area contributed by atoms with Gasteiger partial charge in [0, 0.05) is 30.9 Å². The van der Waals surface area contributed by atoms with Crippen molar-refractivity contribution in [1.29, 1.82) is 0 Å². The SMILES string of the molecule is C/C=C/Cc1c(C)[nH]c(NCCCOc2cccc(CN3CCCC(C)C3)c2)nc1=O. The molecule has 1 unspecified atom stereocenters. The van der Waals surface area contributed by atoms with E-state index < -0.39 is 0 Å². The van der Waals surface area contributed by atoms with Crippen LogP contribution in [-0.4, -0.2) is 41.1 Å². The second-order valence-corrected chi connectivity index (χ2v) is 8.53. The lowest BCUT2D eigenvalue weighted by Crippen LogP contribution is -2.33. The first-order valence-corrected chi connectivity index (χ1v) is 11.4. The molecule has 1 fully saturated rings. The molecule has 0 saturated carbocycles. The largest absolute Gasteiger partial charge is 0.494 e. The van der Waals surface area contributed by atoms with Crippen LogP contribution in [0.2, 0.25) is 0 Å². The van der Waals surface area contributed by atoms with Gasteiger partial charge >= 0.3 is 0 Å². The monoisotopic (exact) mass is 424 g/mol. The number of aromatic nitrogens is 2. The smallest absolute Gasteiger partial charge is 0.278 e. The molecule has 0 aliphatic carbocycles. The number of anilines is 1. The first-order chi connectivity index (χ1) is 15.0. The van der Waals surface area contributed by atoms with Crippen molar-refractivity contribution >= 4 is 5.95 Å². The highest BCUT2D eigenvalue weighted by molar-refractivity contribution is 5.30. The number of allylic oxidation sites excluding steroid dienone is 2. The van der Waals surface area contributed by atoms with Crippen LogP contribution in [-0.2, 0) is 13.0 Å². The van der Waals surface area contributed by atoms with E-state index in [0.29, 0.717) is 31.1 Å². The summed E-state index contributed by atoms with van der Waals surface area (Å²) in [4.78, 5) is 22.0. The van der Waals surface area contributed by atoms with E-state index in [1.807, 2.05) is 32.1 Å². The minimum absolute atomic E-state index is 0.173. The van der Waals surface area contributed by atoms with E-state index in [4.69, 9.17) is 4.74 Å². The number of rotatable bonds is 10. The Labute approximate surface area is 185 Å². The summed E-state index contributed by atoms with van der Waals surface area (Å²) in [6.45, 7) is 10.8. The summed E-state index contributed by atoms with van der Waals surface area (Å²) in [6, 6.07) is 8.42. The number of likely N-dealkylation sites (tertiary alicyclic amines) is 1. The minimum atomic E-state index is -0.173. The van der Waals surface area contributed by atoms with Crippen molar-refractivity contribution in [2.75, 3.05) is 31.6 Å². The lowest BCUT2D eigenvalue weighted by Gasteiger charge is -2.30. The number of aryl methyl sites for hydroxylation is 1. The molecule has 2 aromatic rings. The topological polar surface area (TPSA) is 70.2 Å². The van der Waals surface area contributed by atoms with Crippen molar-refractivity contribution in [3.05, 3.63) is 63.6 Å². The van der Waals surface area contributed by atoms with E-state index in [9.17, 15) is 4.79 Å². The summed E-state index contributed by atoms with van der Waals surface area (Å²) in [5, 5.41) is 3.19. The average molecular weight is 425 g/mol. The maximum Gasteiger partial charge on any atom is 0.278 e. The van der Waals surface area contributed by atoms with Crippen LogP contribution in [0.1, 0.15) is 49.9 Å². The molecule has 3 rings (SSSR count). The predicted molar refractivity (Wildman–Crippen MR) is 127 cm³/mol. The average Bonchev–Trinajstić information content (AvgIpc) is 2.73. The van der Waals surface area contributed by atoms with Gasteiger partial charge in [0.25, 0.3) is 5.56 Å². The highest BCUT2D eigenvalue weighted by Crippen LogP contribution is 2.20. The number of benzene rings is 1. The van der Waals surface area contributed by atoms with Gasteiger partial charge in [0.1, 0.15) is 5.75 Å². The Balaban J connectivity index is 1.42. The molecule has 0 amide bonds. The molecule has 6 heteroatoms. The van der Waals surface area contributed by atoms with Gasteiger partial charge in [-0.3, -0.25) is 9.69 Å². The van der Waals surface area contributed by atoms with Gasteiger partial charge < -0.3 is 15.0 Å². The standard InChI is InChI=1S/C25H36N4O2/c1-4-5-12-23-20(3)27-25(28-24(23)30)26-13-8-15-31-22-11-6-10-21(16-22)18-29-14-7-9-19(2)17-29/h4-6,10-11,16,19H,7-9,12-15,17-18H2,1-3H3,(H2,26,27,28,30)/b5-4+. The fraction of sp³-hybridized carbons (Fsp3) is 0.520. The lowest BCUT2D eigenvalue weighted by atomic mass is 10.00. The minimum Gasteiger partial charge on any atom is -0.494 e. The Morgan fingerprint density at radius 1 is 1.39 bits per heavy atom. The zero-order chi connectivity index (χ0) is 22.1. The van der Waals surface area contributed by atoms with Gasteiger partial charge in [0.15, 0.2) is 0 Å². The van der Waals surface area contributed by atoms with Gasteiger partial charge in [-0.25, -0.2) is 0 Å². The van der Waals surface area contributed by atoms with Crippen molar-refractivity contribution in [3.8, 4) is 5.75 Å². The van der Waals surface area contributed by atoms with Crippen LogP contribution < -0.4 is 15.6 Å². The van der Waals surface area contributed by atoms with Gasteiger partial charge in [0.05, 0.1) is 6.61 Å². The molecular weight excluding hydrogens is 388 g/mol. The van der Waals surface area contributed by atoms with Gasteiger partial charge in [-0.15, -0.1) is 0 Å².